The van der Waals surface area contributed by atoms with Gasteiger partial charge >= 0.3 is 0 Å². The number of carbonyl (C=O) groups excluding carboxylic acids is 2. The molecule has 2 heterocycles. The molecule has 0 aromatic carbocycles. The standard InChI is InChI=1S/C18H23FN6O2S/c1-11-23-24-17(28-11)22-16(27)18(2)5-3-13(4-6-18)21-9-15(26)25-10-12(19)7-14(25)8-20/h3,12,14,21H,4-7,9-10H2,1-2H3,(H,22,24,27)/t12-,14-,18?/m0/s1. The number of nitriles is 1. The van der Waals surface area contributed by atoms with Crippen molar-refractivity contribution >= 4 is 28.3 Å². The number of nitrogens with zero attached hydrogens (tertiary/aromatic N) is 4. The van der Waals surface area contributed by atoms with Crippen LogP contribution in [0.4, 0.5) is 9.52 Å². The highest BCUT2D eigenvalue weighted by Crippen LogP contribution is 2.35. The number of alkyl halides is 1. The van der Waals surface area contributed by atoms with Crippen molar-refractivity contribution in [2.45, 2.75) is 51.7 Å². The van der Waals surface area contributed by atoms with Crippen LogP contribution in [0.25, 0.3) is 0 Å². The molecule has 3 rings (SSSR count). The minimum Gasteiger partial charge on any atom is -0.380 e. The molecule has 8 nitrogen and oxygen atoms in total. The van der Waals surface area contributed by atoms with Crippen LogP contribution < -0.4 is 10.6 Å². The van der Waals surface area contributed by atoms with Gasteiger partial charge in [-0.2, -0.15) is 5.26 Å². The minimum absolute atomic E-state index is 0.0176. The lowest BCUT2D eigenvalue weighted by Crippen LogP contribution is -2.41. The predicted molar refractivity (Wildman–Crippen MR) is 102 cm³/mol. The average Bonchev–Trinajstić information content (AvgIpc) is 3.26. The summed E-state index contributed by atoms with van der Waals surface area (Å²) in [4.78, 5) is 26.2. The number of rotatable bonds is 5. The van der Waals surface area contributed by atoms with E-state index < -0.39 is 17.6 Å². The molecule has 1 saturated heterocycles. The molecule has 0 saturated carbocycles. The number of hydrogen-bond donors (Lipinski definition) is 2. The molecule has 1 aromatic heterocycles. The maximum absolute atomic E-state index is 13.5. The normalized spacial score (nSPS) is 27.1. The highest BCUT2D eigenvalue weighted by Gasteiger charge is 2.37. The van der Waals surface area contributed by atoms with E-state index in [-0.39, 0.29) is 31.3 Å². The molecule has 2 aliphatic rings. The van der Waals surface area contributed by atoms with Crippen LogP contribution in [0.1, 0.15) is 37.6 Å². The van der Waals surface area contributed by atoms with E-state index in [1.807, 2.05) is 26.0 Å². The largest absolute Gasteiger partial charge is 0.380 e. The van der Waals surface area contributed by atoms with E-state index in [4.69, 9.17) is 5.26 Å². The Morgan fingerprint density at radius 2 is 2.29 bits per heavy atom. The molecule has 1 aliphatic carbocycles. The van der Waals surface area contributed by atoms with Gasteiger partial charge < -0.3 is 15.5 Å². The van der Waals surface area contributed by atoms with Crippen LogP contribution in [-0.4, -0.2) is 52.2 Å². The fourth-order valence-corrected chi connectivity index (χ4v) is 3.99. The lowest BCUT2D eigenvalue weighted by atomic mass is 9.77. The smallest absolute Gasteiger partial charge is 0.243 e. The Morgan fingerprint density at radius 1 is 1.50 bits per heavy atom. The third kappa shape index (κ3) is 4.47. The molecule has 0 spiro atoms. The molecule has 1 aliphatic heterocycles. The average molecular weight is 406 g/mol. The van der Waals surface area contributed by atoms with Crippen molar-refractivity contribution in [3.05, 3.63) is 16.8 Å². The molecular formula is C18H23FN6O2S. The maximum Gasteiger partial charge on any atom is 0.243 e. The summed E-state index contributed by atoms with van der Waals surface area (Å²) in [5, 5.41) is 24.0. The number of nitrogens with one attached hydrogen (secondary N) is 2. The van der Waals surface area contributed by atoms with E-state index in [2.05, 4.69) is 20.8 Å². The molecule has 10 heteroatoms. The van der Waals surface area contributed by atoms with Crippen molar-refractivity contribution in [3.8, 4) is 6.07 Å². The zero-order valence-corrected chi connectivity index (χ0v) is 16.7. The Morgan fingerprint density at radius 3 is 2.89 bits per heavy atom. The van der Waals surface area contributed by atoms with E-state index in [1.54, 1.807) is 0 Å². The monoisotopic (exact) mass is 406 g/mol. The van der Waals surface area contributed by atoms with Crippen LogP contribution in [0.3, 0.4) is 0 Å². The summed E-state index contributed by atoms with van der Waals surface area (Å²) in [5.74, 6) is -0.386. The first-order valence-electron chi connectivity index (χ1n) is 9.18. The molecule has 150 valence electrons. The van der Waals surface area contributed by atoms with E-state index in [0.717, 1.165) is 10.7 Å². The molecule has 1 aromatic rings. The second-order valence-electron chi connectivity index (χ2n) is 7.45. The fraction of sp³-hybridized carbons (Fsp3) is 0.611. The summed E-state index contributed by atoms with van der Waals surface area (Å²) in [6.07, 6.45) is 2.64. The molecule has 2 N–H and O–H groups in total. The van der Waals surface area contributed by atoms with Crippen molar-refractivity contribution in [1.82, 2.24) is 20.4 Å². The number of anilines is 1. The summed E-state index contributed by atoms with van der Waals surface area (Å²) < 4.78 is 13.5. The van der Waals surface area contributed by atoms with Crippen LogP contribution in [0.2, 0.25) is 0 Å². The Labute approximate surface area is 166 Å². The third-order valence-electron chi connectivity index (χ3n) is 5.23. The van der Waals surface area contributed by atoms with E-state index in [9.17, 15) is 14.0 Å². The second kappa shape index (κ2) is 8.22. The first-order valence-corrected chi connectivity index (χ1v) is 10.00. The van der Waals surface area contributed by atoms with Crippen LogP contribution in [0.5, 0.6) is 0 Å². The van der Waals surface area contributed by atoms with Crippen LogP contribution in [-0.2, 0) is 9.59 Å². The molecule has 1 fully saturated rings. The van der Waals surface area contributed by atoms with Gasteiger partial charge in [0.2, 0.25) is 16.9 Å². The summed E-state index contributed by atoms with van der Waals surface area (Å²) in [5.41, 5.74) is 0.326. The fourth-order valence-electron chi connectivity index (χ4n) is 3.40. The summed E-state index contributed by atoms with van der Waals surface area (Å²) in [7, 11) is 0. The summed E-state index contributed by atoms with van der Waals surface area (Å²) in [6, 6.07) is 1.28. The van der Waals surface area contributed by atoms with Crippen molar-refractivity contribution in [1.29, 1.82) is 5.26 Å². The molecule has 28 heavy (non-hydrogen) atoms. The van der Waals surface area contributed by atoms with E-state index in [0.29, 0.717) is 24.4 Å². The Balaban J connectivity index is 1.51. The lowest BCUT2D eigenvalue weighted by molar-refractivity contribution is -0.130. The number of allylic oxidation sites excluding steroid dienone is 2. The zero-order chi connectivity index (χ0) is 20.3. The van der Waals surface area contributed by atoms with Gasteiger partial charge in [0.05, 0.1) is 24.6 Å². The molecule has 3 atom stereocenters. The van der Waals surface area contributed by atoms with E-state index >= 15 is 0 Å². The van der Waals surface area contributed by atoms with E-state index in [1.165, 1.54) is 16.2 Å². The quantitative estimate of drug-likeness (QED) is 0.773. The third-order valence-corrected chi connectivity index (χ3v) is 5.98. The number of likely N-dealkylation sites (tertiary alicyclic amines) is 1. The molecule has 1 unspecified atom stereocenters. The first kappa shape index (κ1) is 20.2. The van der Waals surface area contributed by atoms with Gasteiger partial charge in [-0.15, -0.1) is 10.2 Å². The van der Waals surface area contributed by atoms with Crippen LogP contribution >= 0.6 is 11.3 Å². The predicted octanol–water partition coefficient (Wildman–Crippen LogP) is 1.91. The number of aromatic nitrogens is 2. The molecule has 0 radical (unpaired) electrons. The van der Waals surface area contributed by atoms with Gasteiger partial charge in [0.25, 0.3) is 0 Å². The van der Waals surface area contributed by atoms with Crippen molar-refractivity contribution in [3.63, 3.8) is 0 Å². The van der Waals surface area contributed by atoms with Crippen LogP contribution in [0.15, 0.2) is 11.8 Å². The highest BCUT2D eigenvalue weighted by atomic mass is 32.1. The number of hydrogen-bond acceptors (Lipinski definition) is 7. The van der Waals surface area contributed by atoms with Crippen molar-refractivity contribution in [2.24, 2.45) is 5.41 Å². The van der Waals surface area contributed by atoms with Gasteiger partial charge in [-0.25, -0.2) is 4.39 Å². The van der Waals surface area contributed by atoms with Gasteiger partial charge in [0, 0.05) is 12.1 Å². The van der Waals surface area contributed by atoms with Gasteiger partial charge in [-0.3, -0.25) is 9.59 Å². The van der Waals surface area contributed by atoms with Crippen LogP contribution in [0, 0.1) is 23.7 Å². The summed E-state index contributed by atoms with van der Waals surface area (Å²) >= 11 is 1.33. The lowest BCUT2D eigenvalue weighted by Gasteiger charge is -2.31. The Hall–Kier alpha value is -2.54. The topological polar surface area (TPSA) is 111 Å². The molecule has 0 bridgehead atoms. The van der Waals surface area contributed by atoms with Gasteiger partial charge in [0.1, 0.15) is 17.2 Å². The molecular weight excluding hydrogens is 383 g/mol. The summed E-state index contributed by atoms with van der Waals surface area (Å²) in [6.45, 7) is 3.72. The van der Waals surface area contributed by atoms with Crippen molar-refractivity contribution < 1.29 is 14.0 Å². The molecule has 2 amide bonds. The highest BCUT2D eigenvalue weighted by molar-refractivity contribution is 7.15. The van der Waals surface area contributed by atoms with Gasteiger partial charge in [-0.05, 0) is 26.2 Å². The SMILES string of the molecule is Cc1nnc(NC(=O)C2(C)CC=C(NCC(=O)N3C[C@@H](F)C[C@H]3C#N)CC2)s1. The second-order valence-corrected chi connectivity index (χ2v) is 8.63. The number of halogens is 1. The minimum atomic E-state index is -1.14. The Kier molecular flexibility index (Phi) is 5.93. The number of amides is 2. The zero-order valence-electron chi connectivity index (χ0n) is 15.9. The number of aryl methyl sites for hydroxylation is 1. The van der Waals surface area contributed by atoms with Gasteiger partial charge in [0.15, 0.2) is 0 Å². The number of carbonyl (C=O) groups is 2. The van der Waals surface area contributed by atoms with Crippen molar-refractivity contribution in [2.75, 3.05) is 18.4 Å². The first-order chi connectivity index (χ1) is 13.3. The van der Waals surface area contributed by atoms with Gasteiger partial charge in [-0.1, -0.05) is 24.3 Å². The Bertz CT molecular complexity index is 834. The maximum atomic E-state index is 13.5.